The van der Waals surface area contributed by atoms with E-state index in [1.165, 1.54) is 22.0 Å². The molecule has 5 aromatic rings. The highest BCUT2D eigenvalue weighted by Crippen LogP contribution is 2.42. The number of aryl methyl sites for hydroxylation is 1. The number of fused-ring (bicyclic) bond motifs is 6. The van der Waals surface area contributed by atoms with Crippen LogP contribution >= 0.6 is 0 Å². The lowest BCUT2D eigenvalue weighted by Crippen LogP contribution is -2.62. The summed E-state index contributed by atoms with van der Waals surface area (Å²) >= 11 is 0. The number of hydrogen-bond acceptors (Lipinski definition) is 9. The zero-order valence-corrected chi connectivity index (χ0v) is 41.5. The van der Waals surface area contributed by atoms with Gasteiger partial charge in [0.1, 0.15) is 24.2 Å². The van der Waals surface area contributed by atoms with E-state index in [9.17, 15) is 19.2 Å². The second-order valence-corrected chi connectivity index (χ2v) is 20.1. The van der Waals surface area contributed by atoms with Gasteiger partial charge in [-0.2, -0.15) is 0 Å². The number of halogens is 2. The van der Waals surface area contributed by atoms with Crippen LogP contribution in [0.2, 0.25) is 0 Å². The van der Waals surface area contributed by atoms with Crippen molar-refractivity contribution in [3.8, 4) is 22.4 Å². The lowest BCUT2D eigenvalue weighted by molar-refractivity contribution is -0.155. The molecule has 3 aliphatic rings. The Morgan fingerprint density at radius 1 is 1.00 bits per heavy atom. The normalized spacial score (nSPS) is 21.6. The number of likely N-dealkylation sites (N-methyl/N-ethyl adjacent to an activating group) is 1. The summed E-state index contributed by atoms with van der Waals surface area (Å²) in [4.78, 5) is 64.0. The molecule has 0 aliphatic carbocycles. The van der Waals surface area contributed by atoms with Gasteiger partial charge in [0.15, 0.2) is 0 Å². The van der Waals surface area contributed by atoms with Gasteiger partial charge in [-0.05, 0) is 104 Å². The Labute approximate surface area is 409 Å². The Morgan fingerprint density at radius 2 is 1.77 bits per heavy atom. The lowest BCUT2D eigenvalue weighted by atomic mass is 9.84. The molecule has 5 heterocycles. The average molecular weight is 961 g/mol. The van der Waals surface area contributed by atoms with Gasteiger partial charge < -0.3 is 29.0 Å². The van der Waals surface area contributed by atoms with Crippen molar-refractivity contribution in [1.29, 1.82) is 0 Å². The number of carbonyl (C=O) groups is 4. The number of nitrogens with one attached hydrogen (secondary N) is 2. The number of aromatic nitrogens is 2. The van der Waals surface area contributed by atoms with Crippen LogP contribution < -0.4 is 10.7 Å². The molecule has 3 aromatic carbocycles. The number of alkyl halides is 2. The lowest BCUT2D eigenvalue weighted by Gasteiger charge is -2.37. The second-order valence-electron chi connectivity index (χ2n) is 20.1. The summed E-state index contributed by atoms with van der Waals surface area (Å²) in [5, 5.41) is 5.20. The standard InChI is InChI=1S/C55H66F2N6O7/c1-9-62-45-20-19-36-29-41(45)42(48(62)40-17-13-22-58-46(40)33(4)68-8)30-55(5,6)31-70-54(67)43-18-14-23-63(60-43)52(65)44(27-34-25-37(36)28-38(26-34)50(56)57)59-51(64)47(32(2)3)61(7)53(66)49-39(21-24-69-49)35-15-11-10-12-16-35/h10-13,15-17,19-20,22,25-26,28-29,32-33,39,43-44,47,49-50,60H,9,14,18,21,23-24,27,30-31H2,1-8H3,(H,59,64)/t33-,39+,43-,44-,47?,49+/m0/s1. The van der Waals surface area contributed by atoms with Crippen molar-refractivity contribution in [2.24, 2.45) is 11.3 Å². The quantitative estimate of drug-likeness (QED) is 0.124. The predicted octanol–water partition coefficient (Wildman–Crippen LogP) is 8.74. The molecule has 372 valence electrons. The molecule has 2 saturated heterocycles. The van der Waals surface area contributed by atoms with E-state index in [0.717, 1.165) is 39.0 Å². The number of pyridine rings is 1. The first-order valence-electron chi connectivity index (χ1n) is 24.5. The highest BCUT2D eigenvalue weighted by molar-refractivity contribution is 5.96. The van der Waals surface area contributed by atoms with Gasteiger partial charge in [0.2, 0.25) is 5.91 Å². The molecular formula is C55H66F2N6O7. The van der Waals surface area contributed by atoms with Crippen molar-refractivity contribution < 1.29 is 42.2 Å². The number of carbonyl (C=O) groups excluding carboxylic acids is 4. The number of nitrogens with zero attached hydrogens (tertiary/aromatic N) is 4. The average Bonchev–Trinajstić information content (AvgIpc) is 3.97. The van der Waals surface area contributed by atoms with Crippen molar-refractivity contribution in [2.75, 3.05) is 33.9 Å². The van der Waals surface area contributed by atoms with Crippen LogP contribution in [0, 0.1) is 11.3 Å². The van der Waals surface area contributed by atoms with Gasteiger partial charge in [0.25, 0.3) is 18.2 Å². The van der Waals surface area contributed by atoms with Crippen LogP contribution in [0.3, 0.4) is 0 Å². The molecule has 0 spiro atoms. The van der Waals surface area contributed by atoms with E-state index >= 15 is 8.78 Å². The zero-order valence-electron chi connectivity index (χ0n) is 41.5. The maximum Gasteiger partial charge on any atom is 0.324 e. The van der Waals surface area contributed by atoms with E-state index in [1.807, 2.05) is 95.3 Å². The number of amides is 3. The number of cyclic esters (lactones) is 1. The Hall–Kier alpha value is -6.03. The molecule has 2 fully saturated rings. The molecule has 6 bridgehead atoms. The van der Waals surface area contributed by atoms with E-state index in [0.29, 0.717) is 55.5 Å². The van der Waals surface area contributed by atoms with Gasteiger partial charge in [-0.15, -0.1) is 0 Å². The largest absolute Gasteiger partial charge is 0.464 e. The van der Waals surface area contributed by atoms with E-state index in [2.05, 4.69) is 22.2 Å². The van der Waals surface area contributed by atoms with Crippen molar-refractivity contribution in [2.45, 2.75) is 123 Å². The number of benzene rings is 3. The molecule has 6 atom stereocenters. The third kappa shape index (κ3) is 10.4. The summed E-state index contributed by atoms with van der Waals surface area (Å²) in [7, 11) is 3.22. The molecule has 8 rings (SSSR count). The minimum Gasteiger partial charge on any atom is -0.464 e. The summed E-state index contributed by atoms with van der Waals surface area (Å²) in [5.41, 5.74) is 9.30. The number of esters is 1. The summed E-state index contributed by atoms with van der Waals surface area (Å²) in [5.74, 6) is -2.64. The first kappa shape index (κ1) is 50.4. The van der Waals surface area contributed by atoms with Crippen molar-refractivity contribution >= 4 is 34.6 Å². The van der Waals surface area contributed by atoms with Gasteiger partial charge in [0, 0.05) is 79.8 Å². The van der Waals surface area contributed by atoms with Crippen LogP contribution in [-0.4, -0.2) is 101 Å². The fourth-order valence-corrected chi connectivity index (χ4v) is 10.6. The monoisotopic (exact) mass is 960 g/mol. The van der Waals surface area contributed by atoms with Crippen molar-refractivity contribution in [1.82, 2.24) is 30.2 Å². The Morgan fingerprint density at radius 3 is 2.49 bits per heavy atom. The SMILES string of the molecule is CCn1c(-c2cccnc2[C@H](C)OC)c2c3cc(ccc31)-c1cc(cc(C(F)F)c1)C[C@H](NC(=O)C(C(C)C)N(C)C(=O)[C@@H]1OCC[C@@H]1c1ccccc1)C(=O)N1CCC[C@H](N1)C(=O)OCC(C)(C)C2. The van der Waals surface area contributed by atoms with Crippen molar-refractivity contribution in [3.05, 3.63) is 113 Å². The van der Waals surface area contributed by atoms with E-state index in [-0.39, 0.29) is 43.1 Å². The van der Waals surface area contributed by atoms with Gasteiger partial charge in [-0.1, -0.05) is 76.2 Å². The van der Waals surface area contributed by atoms with Crippen LogP contribution in [-0.2, 0) is 52.8 Å². The highest BCUT2D eigenvalue weighted by atomic mass is 19.3. The summed E-state index contributed by atoms with van der Waals surface area (Å²) in [6, 6.07) is 21.0. The molecule has 3 amide bonds. The third-order valence-corrected chi connectivity index (χ3v) is 14.2. The third-order valence-electron chi connectivity index (χ3n) is 14.2. The number of hydrazine groups is 1. The van der Waals surface area contributed by atoms with Crippen LogP contribution in [0.5, 0.6) is 0 Å². The smallest absolute Gasteiger partial charge is 0.324 e. The van der Waals surface area contributed by atoms with Gasteiger partial charge in [-0.3, -0.25) is 29.2 Å². The topological polar surface area (TPSA) is 144 Å². The Balaban J connectivity index is 1.22. The van der Waals surface area contributed by atoms with Gasteiger partial charge in [-0.25, -0.2) is 14.2 Å². The molecule has 3 aliphatic heterocycles. The molecular weight excluding hydrogens is 895 g/mol. The number of hydrogen-bond donors (Lipinski definition) is 2. The Bertz CT molecular complexity index is 2720. The summed E-state index contributed by atoms with van der Waals surface area (Å²) in [6.45, 7) is 13.0. The van der Waals surface area contributed by atoms with E-state index in [4.69, 9.17) is 19.2 Å². The van der Waals surface area contributed by atoms with Crippen molar-refractivity contribution in [3.63, 3.8) is 0 Å². The number of methoxy groups -OCH3 is 1. The molecule has 70 heavy (non-hydrogen) atoms. The first-order valence-corrected chi connectivity index (χ1v) is 24.5. The molecule has 0 radical (unpaired) electrons. The number of ether oxygens (including phenoxy) is 3. The summed E-state index contributed by atoms with van der Waals surface area (Å²) < 4.78 is 50.3. The molecule has 2 aromatic heterocycles. The molecule has 13 nitrogen and oxygen atoms in total. The maximum atomic E-state index is 15.0. The molecule has 15 heteroatoms. The predicted molar refractivity (Wildman–Crippen MR) is 264 cm³/mol. The van der Waals surface area contributed by atoms with Crippen LogP contribution in [0.15, 0.2) is 85.1 Å². The van der Waals surface area contributed by atoms with Crippen LogP contribution in [0.25, 0.3) is 33.3 Å². The molecule has 2 N–H and O–H groups in total. The minimum absolute atomic E-state index is 0.0591. The number of rotatable bonds is 11. The van der Waals surface area contributed by atoms with Crippen LogP contribution in [0.1, 0.15) is 107 Å². The zero-order chi connectivity index (χ0) is 50.0. The first-order chi connectivity index (χ1) is 33.5. The minimum atomic E-state index is -2.85. The molecule has 0 saturated carbocycles. The second kappa shape index (κ2) is 21.1. The van der Waals surface area contributed by atoms with Gasteiger partial charge >= 0.3 is 5.97 Å². The summed E-state index contributed by atoms with van der Waals surface area (Å²) in [6.07, 6.45) is -0.448. The van der Waals surface area contributed by atoms with E-state index < -0.39 is 59.8 Å². The van der Waals surface area contributed by atoms with E-state index in [1.54, 1.807) is 26.4 Å². The fourth-order valence-electron chi connectivity index (χ4n) is 10.6. The maximum absolute atomic E-state index is 15.0. The van der Waals surface area contributed by atoms with Crippen LogP contribution in [0.4, 0.5) is 8.78 Å². The Kier molecular flexibility index (Phi) is 15.2. The molecule has 1 unspecified atom stereocenters. The highest BCUT2D eigenvalue weighted by Gasteiger charge is 2.42. The fraction of sp³-hybridized carbons (Fsp3) is 0.473. The van der Waals surface area contributed by atoms with Gasteiger partial charge in [0.05, 0.1) is 24.1 Å².